The van der Waals surface area contributed by atoms with Gasteiger partial charge >= 0.3 is 5.97 Å². The zero-order valence-electron chi connectivity index (χ0n) is 12.0. The molecule has 1 saturated heterocycles. The maximum Gasteiger partial charge on any atom is 0.336 e. The summed E-state index contributed by atoms with van der Waals surface area (Å²) in [4.78, 5) is 25.7. The number of carbonyl (C=O) groups excluding carboxylic acids is 2. The van der Waals surface area contributed by atoms with Crippen LogP contribution in [0.15, 0.2) is 0 Å². The highest BCUT2D eigenvalue weighted by atomic mass is 16.6. The molecule has 0 aromatic carbocycles. The summed E-state index contributed by atoms with van der Waals surface area (Å²) in [5.74, 6) is 1.99. The molecule has 4 atom stereocenters. The predicted molar refractivity (Wildman–Crippen MR) is 71.9 cm³/mol. The Kier molecular flexibility index (Phi) is 3.96. The molecule has 2 saturated carbocycles. The van der Waals surface area contributed by atoms with Gasteiger partial charge in [-0.1, -0.05) is 6.42 Å². The number of nitrogens with zero attached hydrogens (tertiary/aromatic N) is 1. The Morgan fingerprint density at radius 2 is 2.15 bits per heavy atom. The van der Waals surface area contributed by atoms with Crippen LogP contribution in [0.1, 0.15) is 32.1 Å². The molecule has 5 nitrogen and oxygen atoms in total. The minimum absolute atomic E-state index is 0.180. The van der Waals surface area contributed by atoms with Crippen LogP contribution in [0.4, 0.5) is 0 Å². The second-order valence-electron chi connectivity index (χ2n) is 6.36. The third-order valence-electron chi connectivity index (χ3n) is 5.20. The fraction of sp³-hybridized carbons (Fsp3) is 0.867. The predicted octanol–water partition coefficient (Wildman–Crippen LogP) is 1.21. The molecule has 3 fully saturated rings. The van der Waals surface area contributed by atoms with Crippen molar-refractivity contribution in [1.82, 2.24) is 4.90 Å². The van der Waals surface area contributed by atoms with E-state index in [0.717, 1.165) is 11.8 Å². The van der Waals surface area contributed by atoms with Crippen molar-refractivity contribution in [3.63, 3.8) is 0 Å². The van der Waals surface area contributed by atoms with Crippen molar-refractivity contribution in [3.05, 3.63) is 0 Å². The highest BCUT2D eigenvalue weighted by Crippen LogP contribution is 2.49. The maximum atomic E-state index is 12.4. The van der Waals surface area contributed by atoms with E-state index >= 15 is 0 Å². The fourth-order valence-corrected chi connectivity index (χ4v) is 4.13. The van der Waals surface area contributed by atoms with Crippen LogP contribution in [0, 0.1) is 17.8 Å². The van der Waals surface area contributed by atoms with Gasteiger partial charge in [0.1, 0.15) is 0 Å². The maximum absolute atomic E-state index is 12.4. The topological polar surface area (TPSA) is 55.8 Å². The van der Waals surface area contributed by atoms with Crippen molar-refractivity contribution in [3.8, 4) is 0 Å². The standard InChI is InChI=1S/C15H23NO4/c1-19-15(18)13-9-16(4-5-20-13)14(17)8-12-7-10-2-3-11(12)6-10/h10-13H,2-9H2,1H3. The normalized spacial score (nSPS) is 36.1. The lowest BCUT2D eigenvalue weighted by Crippen LogP contribution is -2.49. The van der Waals surface area contributed by atoms with Gasteiger partial charge in [0.25, 0.3) is 0 Å². The molecule has 1 amide bonds. The Balaban J connectivity index is 1.53. The Morgan fingerprint density at radius 1 is 1.30 bits per heavy atom. The number of hydrogen-bond donors (Lipinski definition) is 0. The first kappa shape index (κ1) is 13.9. The first-order valence-corrected chi connectivity index (χ1v) is 7.64. The molecule has 112 valence electrons. The molecule has 2 aliphatic carbocycles. The molecule has 1 heterocycles. The van der Waals surface area contributed by atoms with Crippen molar-refractivity contribution in [2.24, 2.45) is 17.8 Å². The summed E-state index contributed by atoms with van der Waals surface area (Å²) in [5, 5.41) is 0. The summed E-state index contributed by atoms with van der Waals surface area (Å²) in [6.45, 7) is 1.35. The molecule has 20 heavy (non-hydrogen) atoms. The van der Waals surface area contributed by atoms with Gasteiger partial charge in [-0.25, -0.2) is 4.79 Å². The second-order valence-corrected chi connectivity index (χ2v) is 6.36. The molecule has 2 bridgehead atoms. The molecule has 4 unspecified atom stereocenters. The van der Waals surface area contributed by atoms with Crippen molar-refractivity contribution < 1.29 is 19.1 Å². The number of methoxy groups -OCH3 is 1. The fourth-order valence-electron chi connectivity index (χ4n) is 4.13. The van der Waals surface area contributed by atoms with Gasteiger partial charge in [0.2, 0.25) is 5.91 Å². The number of morpholine rings is 1. The number of hydrogen-bond acceptors (Lipinski definition) is 4. The Labute approximate surface area is 119 Å². The highest BCUT2D eigenvalue weighted by molar-refractivity contribution is 5.79. The van der Waals surface area contributed by atoms with Gasteiger partial charge < -0.3 is 14.4 Å². The molecule has 0 radical (unpaired) electrons. The van der Waals surface area contributed by atoms with E-state index < -0.39 is 6.10 Å². The van der Waals surface area contributed by atoms with Crippen molar-refractivity contribution in [2.75, 3.05) is 26.8 Å². The molecule has 1 aliphatic heterocycles. The van der Waals surface area contributed by atoms with Crippen molar-refractivity contribution in [1.29, 1.82) is 0 Å². The second kappa shape index (κ2) is 5.72. The van der Waals surface area contributed by atoms with Crippen LogP contribution in [0.2, 0.25) is 0 Å². The van der Waals surface area contributed by atoms with Gasteiger partial charge in [-0.15, -0.1) is 0 Å². The molecule has 0 N–H and O–H groups in total. The minimum atomic E-state index is -0.613. The quantitative estimate of drug-likeness (QED) is 0.730. The first-order valence-electron chi connectivity index (χ1n) is 7.64. The van der Waals surface area contributed by atoms with E-state index in [4.69, 9.17) is 4.74 Å². The third-order valence-corrected chi connectivity index (χ3v) is 5.20. The van der Waals surface area contributed by atoms with E-state index in [0.29, 0.717) is 32.0 Å². The van der Waals surface area contributed by atoms with E-state index in [-0.39, 0.29) is 11.9 Å². The zero-order chi connectivity index (χ0) is 14.1. The number of rotatable bonds is 3. The van der Waals surface area contributed by atoms with E-state index in [2.05, 4.69) is 4.74 Å². The molecule has 3 aliphatic rings. The van der Waals surface area contributed by atoms with Crippen LogP contribution in [0.25, 0.3) is 0 Å². The summed E-state index contributed by atoms with van der Waals surface area (Å²) < 4.78 is 10.1. The molecule has 0 aromatic heterocycles. The average molecular weight is 281 g/mol. The number of carbonyl (C=O) groups is 2. The SMILES string of the molecule is COC(=O)C1CN(C(=O)CC2CC3CCC2C3)CCO1. The number of ether oxygens (including phenoxy) is 2. The van der Waals surface area contributed by atoms with Crippen LogP contribution in [-0.4, -0.2) is 49.7 Å². The lowest BCUT2D eigenvalue weighted by Gasteiger charge is -2.33. The molecule has 0 spiro atoms. The molecular weight excluding hydrogens is 258 g/mol. The summed E-state index contributed by atoms with van der Waals surface area (Å²) in [6.07, 6.45) is 5.24. The van der Waals surface area contributed by atoms with Gasteiger partial charge in [0.15, 0.2) is 6.10 Å². The van der Waals surface area contributed by atoms with Gasteiger partial charge in [-0.3, -0.25) is 4.79 Å². The van der Waals surface area contributed by atoms with E-state index in [1.807, 2.05) is 0 Å². The van der Waals surface area contributed by atoms with Gasteiger partial charge in [-0.05, 0) is 37.0 Å². The molecule has 0 aromatic rings. The summed E-state index contributed by atoms with van der Waals surface area (Å²) in [7, 11) is 1.35. The average Bonchev–Trinajstić information content (AvgIpc) is 3.09. The molecular formula is C15H23NO4. The van der Waals surface area contributed by atoms with E-state index in [1.54, 1.807) is 4.90 Å². The van der Waals surface area contributed by atoms with Crippen LogP contribution < -0.4 is 0 Å². The number of amides is 1. The van der Waals surface area contributed by atoms with E-state index in [1.165, 1.54) is 32.8 Å². The first-order chi connectivity index (χ1) is 9.67. The highest BCUT2D eigenvalue weighted by Gasteiger charge is 2.41. The van der Waals surface area contributed by atoms with Gasteiger partial charge in [0.05, 0.1) is 20.3 Å². The minimum Gasteiger partial charge on any atom is -0.467 e. The zero-order valence-corrected chi connectivity index (χ0v) is 12.0. The summed E-state index contributed by atoms with van der Waals surface area (Å²) in [6, 6.07) is 0. The number of fused-ring (bicyclic) bond motifs is 2. The van der Waals surface area contributed by atoms with Crippen LogP contribution in [-0.2, 0) is 19.1 Å². The molecule has 3 rings (SSSR count). The molecule has 5 heteroatoms. The van der Waals surface area contributed by atoms with Crippen LogP contribution in [0.5, 0.6) is 0 Å². The Hall–Kier alpha value is -1.10. The Bertz CT molecular complexity index is 397. The summed E-state index contributed by atoms with van der Waals surface area (Å²) in [5.41, 5.74) is 0. The van der Waals surface area contributed by atoms with Gasteiger partial charge in [-0.2, -0.15) is 0 Å². The van der Waals surface area contributed by atoms with Gasteiger partial charge in [0, 0.05) is 13.0 Å². The smallest absolute Gasteiger partial charge is 0.336 e. The largest absolute Gasteiger partial charge is 0.467 e. The monoisotopic (exact) mass is 281 g/mol. The van der Waals surface area contributed by atoms with Crippen LogP contribution >= 0.6 is 0 Å². The third kappa shape index (κ3) is 2.68. The lowest BCUT2D eigenvalue weighted by atomic mass is 9.86. The summed E-state index contributed by atoms with van der Waals surface area (Å²) >= 11 is 0. The lowest BCUT2D eigenvalue weighted by molar-refractivity contribution is -0.162. The van der Waals surface area contributed by atoms with E-state index in [9.17, 15) is 9.59 Å². The van der Waals surface area contributed by atoms with Crippen LogP contribution in [0.3, 0.4) is 0 Å². The van der Waals surface area contributed by atoms with Crippen molar-refractivity contribution in [2.45, 2.75) is 38.2 Å². The van der Waals surface area contributed by atoms with Crippen molar-refractivity contribution >= 4 is 11.9 Å². The Morgan fingerprint density at radius 3 is 2.80 bits per heavy atom. The number of esters is 1.